The van der Waals surface area contributed by atoms with E-state index in [4.69, 9.17) is 0 Å². The van der Waals surface area contributed by atoms with Crippen LogP contribution in [-0.4, -0.2) is 31.6 Å². The van der Waals surface area contributed by atoms with Crippen molar-refractivity contribution in [3.05, 3.63) is 65.2 Å². The van der Waals surface area contributed by atoms with Crippen molar-refractivity contribution < 1.29 is 18.3 Å². The normalized spacial score (nSPS) is 10.9. The van der Waals surface area contributed by atoms with Crippen LogP contribution in [0.4, 0.5) is 8.78 Å². The third kappa shape index (κ3) is 8.52. The van der Waals surface area contributed by atoms with Crippen LogP contribution in [0.15, 0.2) is 53.5 Å². The Kier molecular flexibility index (Phi) is 11.7. The molecule has 2 aromatic carbocycles. The summed E-state index contributed by atoms with van der Waals surface area (Å²) in [6.45, 7) is 2.84. The van der Waals surface area contributed by atoms with E-state index in [9.17, 15) is 13.6 Å². The van der Waals surface area contributed by atoms with Crippen molar-refractivity contribution in [2.45, 2.75) is 33.5 Å². The minimum absolute atomic E-state index is 0. The van der Waals surface area contributed by atoms with Crippen LogP contribution in [-0.2, 0) is 13.1 Å². The van der Waals surface area contributed by atoms with E-state index in [2.05, 4.69) is 25.7 Å². The Morgan fingerprint density at radius 2 is 1.67 bits per heavy atom. The molecule has 0 saturated heterocycles. The minimum atomic E-state index is -2.87. The zero-order valence-electron chi connectivity index (χ0n) is 17.0. The highest BCUT2D eigenvalue weighted by molar-refractivity contribution is 14.0. The van der Waals surface area contributed by atoms with Gasteiger partial charge in [-0.3, -0.25) is 4.79 Å². The molecule has 2 aromatic rings. The number of alkyl halides is 2. The lowest BCUT2D eigenvalue weighted by molar-refractivity contribution is -0.0504. The van der Waals surface area contributed by atoms with E-state index in [1.54, 1.807) is 30.3 Å². The van der Waals surface area contributed by atoms with Crippen molar-refractivity contribution in [2.75, 3.05) is 13.1 Å². The first kappa shape index (κ1) is 25.6. The number of amides is 1. The summed E-state index contributed by atoms with van der Waals surface area (Å²) in [6.07, 6.45) is 0. The third-order valence-electron chi connectivity index (χ3n) is 3.95. The van der Waals surface area contributed by atoms with Gasteiger partial charge in [0.2, 0.25) is 0 Å². The Balaban J connectivity index is 0.00000450. The highest BCUT2D eigenvalue weighted by Crippen LogP contribution is 2.19. The summed E-state index contributed by atoms with van der Waals surface area (Å²) in [5.74, 6) is 0.571. The standard InChI is InChI=1S/C21H26F2N4O2.HI/c1-3-24-19(28)16-11-9-15(10-12-16)13-26-21(25-4-2)27-14-17-7-5-6-8-18(17)29-20(22)23;/h5-12,20H,3-4,13-14H2,1-2H3,(H,24,28)(H2,25,26,27);1H. The molecule has 0 unspecified atom stereocenters. The largest absolute Gasteiger partial charge is 0.434 e. The van der Waals surface area contributed by atoms with Crippen LogP contribution < -0.4 is 20.7 Å². The van der Waals surface area contributed by atoms with Crippen LogP contribution in [0, 0.1) is 0 Å². The number of para-hydroxylation sites is 1. The maximum atomic E-state index is 12.5. The number of nitrogens with one attached hydrogen (secondary N) is 3. The fraction of sp³-hybridized carbons (Fsp3) is 0.333. The van der Waals surface area contributed by atoms with Gasteiger partial charge in [0.15, 0.2) is 5.96 Å². The van der Waals surface area contributed by atoms with Crippen molar-refractivity contribution in [3.63, 3.8) is 0 Å². The first-order chi connectivity index (χ1) is 14.0. The Bertz CT molecular complexity index is 817. The fourth-order valence-electron chi connectivity index (χ4n) is 2.58. The van der Waals surface area contributed by atoms with Crippen LogP contribution >= 0.6 is 24.0 Å². The molecule has 0 aliphatic rings. The molecule has 0 radical (unpaired) electrons. The quantitative estimate of drug-likeness (QED) is 0.260. The maximum absolute atomic E-state index is 12.5. The molecule has 0 aliphatic heterocycles. The van der Waals surface area contributed by atoms with Crippen LogP contribution in [0.1, 0.15) is 35.3 Å². The van der Waals surface area contributed by atoms with E-state index in [1.807, 2.05) is 26.0 Å². The lowest BCUT2D eigenvalue weighted by atomic mass is 10.1. The van der Waals surface area contributed by atoms with Gasteiger partial charge in [-0.05, 0) is 37.6 Å². The third-order valence-corrected chi connectivity index (χ3v) is 3.95. The van der Waals surface area contributed by atoms with Crippen LogP contribution in [0.25, 0.3) is 0 Å². The molecule has 0 aliphatic carbocycles. The zero-order chi connectivity index (χ0) is 21.1. The number of aliphatic imine (C=N–C) groups is 1. The van der Waals surface area contributed by atoms with Crippen molar-refractivity contribution in [1.29, 1.82) is 0 Å². The summed E-state index contributed by atoms with van der Waals surface area (Å²) in [4.78, 5) is 16.3. The van der Waals surface area contributed by atoms with Gasteiger partial charge in [0.25, 0.3) is 5.91 Å². The summed E-state index contributed by atoms with van der Waals surface area (Å²) in [5, 5.41) is 8.99. The van der Waals surface area contributed by atoms with Crippen molar-refractivity contribution in [2.24, 2.45) is 4.99 Å². The number of carbonyl (C=O) groups is 1. The number of ether oxygens (including phenoxy) is 1. The molecule has 0 saturated carbocycles. The average molecular weight is 532 g/mol. The Morgan fingerprint density at radius 1 is 1.00 bits per heavy atom. The first-order valence-corrected chi connectivity index (χ1v) is 9.45. The fourth-order valence-corrected chi connectivity index (χ4v) is 2.58. The summed E-state index contributed by atoms with van der Waals surface area (Å²) in [7, 11) is 0. The van der Waals surface area contributed by atoms with Crippen molar-refractivity contribution in [1.82, 2.24) is 16.0 Å². The second-order valence-electron chi connectivity index (χ2n) is 6.09. The van der Waals surface area contributed by atoms with Crippen molar-refractivity contribution >= 4 is 35.8 Å². The molecule has 2 rings (SSSR count). The molecule has 0 heterocycles. The van der Waals surface area contributed by atoms with Crippen molar-refractivity contribution in [3.8, 4) is 5.75 Å². The van der Waals surface area contributed by atoms with Gasteiger partial charge >= 0.3 is 6.61 Å². The smallest absolute Gasteiger partial charge is 0.387 e. The first-order valence-electron chi connectivity index (χ1n) is 9.45. The number of hydrogen-bond acceptors (Lipinski definition) is 3. The molecular weight excluding hydrogens is 505 g/mol. The number of nitrogens with zero attached hydrogens (tertiary/aromatic N) is 1. The molecule has 1 amide bonds. The number of guanidine groups is 1. The number of hydrogen-bond donors (Lipinski definition) is 3. The highest BCUT2D eigenvalue weighted by atomic mass is 127. The van der Waals surface area contributed by atoms with Gasteiger partial charge in [-0.15, -0.1) is 24.0 Å². The molecule has 0 fully saturated rings. The van der Waals surface area contributed by atoms with E-state index < -0.39 is 6.61 Å². The molecule has 3 N–H and O–H groups in total. The monoisotopic (exact) mass is 532 g/mol. The Labute approximate surface area is 192 Å². The topological polar surface area (TPSA) is 74.8 Å². The van der Waals surface area contributed by atoms with Gasteiger partial charge in [-0.25, -0.2) is 4.99 Å². The molecular formula is C21H27F2IN4O2. The minimum Gasteiger partial charge on any atom is -0.434 e. The van der Waals surface area contributed by atoms with Gasteiger partial charge < -0.3 is 20.7 Å². The maximum Gasteiger partial charge on any atom is 0.387 e. The summed E-state index contributed by atoms with van der Waals surface area (Å²) in [5.41, 5.74) is 2.14. The number of carbonyl (C=O) groups excluding carboxylic acids is 1. The Morgan fingerprint density at radius 3 is 2.30 bits per heavy atom. The summed E-state index contributed by atoms with van der Waals surface area (Å²) < 4.78 is 29.6. The van der Waals surface area contributed by atoms with E-state index in [0.717, 1.165) is 5.56 Å². The zero-order valence-corrected chi connectivity index (χ0v) is 19.3. The number of rotatable bonds is 9. The molecule has 0 bridgehead atoms. The number of halogens is 3. The van der Waals surface area contributed by atoms with Crippen LogP contribution in [0.3, 0.4) is 0 Å². The van der Waals surface area contributed by atoms with Crippen LogP contribution in [0.2, 0.25) is 0 Å². The van der Waals surface area contributed by atoms with Gasteiger partial charge in [-0.2, -0.15) is 8.78 Å². The molecule has 30 heavy (non-hydrogen) atoms. The molecule has 0 atom stereocenters. The second-order valence-corrected chi connectivity index (χ2v) is 6.09. The van der Waals surface area contributed by atoms with Gasteiger partial charge in [-0.1, -0.05) is 30.3 Å². The lowest BCUT2D eigenvalue weighted by Crippen LogP contribution is -2.36. The van der Waals surface area contributed by atoms with Crippen LogP contribution in [0.5, 0.6) is 5.75 Å². The predicted octanol–water partition coefficient (Wildman–Crippen LogP) is 3.91. The molecule has 9 heteroatoms. The van der Waals surface area contributed by atoms with Gasteiger partial charge in [0.05, 0.1) is 6.54 Å². The molecule has 0 aromatic heterocycles. The van der Waals surface area contributed by atoms with Gasteiger partial charge in [0, 0.05) is 30.8 Å². The van der Waals surface area contributed by atoms with E-state index in [0.29, 0.717) is 36.7 Å². The highest BCUT2D eigenvalue weighted by Gasteiger charge is 2.09. The average Bonchev–Trinajstić information content (AvgIpc) is 2.71. The predicted molar refractivity (Wildman–Crippen MR) is 125 cm³/mol. The molecule has 0 spiro atoms. The number of benzene rings is 2. The lowest BCUT2D eigenvalue weighted by Gasteiger charge is -2.14. The van der Waals surface area contributed by atoms with E-state index in [-0.39, 0.29) is 42.2 Å². The Hall–Kier alpha value is -2.43. The summed E-state index contributed by atoms with van der Waals surface area (Å²) in [6, 6.07) is 13.8. The van der Waals surface area contributed by atoms with E-state index in [1.165, 1.54) is 6.07 Å². The van der Waals surface area contributed by atoms with Gasteiger partial charge in [0.1, 0.15) is 5.75 Å². The molecule has 6 nitrogen and oxygen atoms in total. The molecule has 164 valence electrons. The SMILES string of the molecule is CCNC(=O)c1ccc(CN=C(NCC)NCc2ccccc2OC(F)F)cc1.I. The summed E-state index contributed by atoms with van der Waals surface area (Å²) >= 11 is 0. The van der Waals surface area contributed by atoms with E-state index >= 15 is 0 Å². The second kappa shape index (κ2) is 13.7.